The van der Waals surface area contributed by atoms with E-state index in [-0.39, 0.29) is 5.82 Å². The number of aliphatic hydroxyl groups is 1. The zero-order chi connectivity index (χ0) is 14.4. The quantitative estimate of drug-likeness (QED) is 0.845. The van der Waals surface area contributed by atoms with Gasteiger partial charge in [0, 0.05) is 23.5 Å². The van der Waals surface area contributed by atoms with E-state index in [0.29, 0.717) is 12.0 Å². The molecule has 1 heterocycles. The van der Waals surface area contributed by atoms with Crippen molar-refractivity contribution in [2.75, 3.05) is 20.1 Å². The highest BCUT2D eigenvalue weighted by molar-refractivity contribution is 7.09. The highest BCUT2D eigenvalue weighted by Gasteiger charge is 2.12. The van der Waals surface area contributed by atoms with Crippen molar-refractivity contribution in [2.45, 2.75) is 18.9 Å². The molecule has 0 radical (unpaired) electrons. The number of aliphatic hydroxyl groups excluding tert-OH is 1. The van der Waals surface area contributed by atoms with Gasteiger partial charge in [-0.05, 0) is 37.4 Å². The van der Waals surface area contributed by atoms with Crippen molar-refractivity contribution >= 4 is 11.3 Å². The minimum absolute atomic E-state index is 0.332. The van der Waals surface area contributed by atoms with Gasteiger partial charge < -0.3 is 10.0 Å². The van der Waals surface area contributed by atoms with Crippen LogP contribution in [0, 0.1) is 5.82 Å². The van der Waals surface area contributed by atoms with E-state index < -0.39 is 6.10 Å². The molecule has 1 unspecified atom stereocenters. The fourth-order valence-electron chi connectivity index (χ4n) is 2.11. The Morgan fingerprint density at radius 3 is 2.70 bits per heavy atom. The maximum Gasteiger partial charge on any atom is 0.128 e. The van der Waals surface area contributed by atoms with Crippen molar-refractivity contribution in [1.29, 1.82) is 0 Å². The Kier molecular flexibility index (Phi) is 5.71. The Morgan fingerprint density at radius 2 is 2.00 bits per heavy atom. The predicted octanol–water partition coefficient (Wildman–Crippen LogP) is 3.49. The smallest absolute Gasteiger partial charge is 0.128 e. The minimum atomic E-state index is -0.736. The molecule has 0 bridgehead atoms. The summed E-state index contributed by atoms with van der Waals surface area (Å²) < 4.78 is 13.5. The predicted molar refractivity (Wildman–Crippen MR) is 81.5 cm³/mol. The van der Waals surface area contributed by atoms with Crippen molar-refractivity contribution in [1.82, 2.24) is 4.90 Å². The average Bonchev–Trinajstić information content (AvgIpc) is 2.96. The highest BCUT2D eigenvalue weighted by atomic mass is 32.1. The summed E-state index contributed by atoms with van der Waals surface area (Å²) in [6.45, 7) is 1.70. The summed E-state index contributed by atoms with van der Waals surface area (Å²) >= 11 is 1.76. The Bertz CT molecular complexity index is 515. The molecule has 1 aromatic carbocycles. The Hall–Kier alpha value is -1.23. The molecule has 4 heteroatoms. The monoisotopic (exact) mass is 293 g/mol. The maximum atomic E-state index is 13.5. The third-order valence-electron chi connectivity index (χ3n) is 3.37. The minimum Gasteiger partial charge on any atom is -0.388 e. The molecule has 2 nitrogen and oxygen atoms in total. The molecule has 0 saturated carbocycles. The molecule has 0 fully saturated rings. The van der Waals surface area contributed by atoms with Gasteiger partial charge in [0.05, 0.1) is 6.10 Å². The van der Waals surface area contributed by atoms with Gasteiger partial charge in [-0.3, -0.25) is 0 Å². The van der Waals surface area contributed by atoms with Crippen LogP contribution in [0.5, 0.6) is 0 Å². The first-order valence-electron chi connectivity index (χ1n) is 6.80. The van der Waals surface area contributed by atoms with Crippen LogP contribution in [-0.2, 0) is 6.42 Å². The molecular formula is C16H20FNOS. The topological polar surface area (TPSA) is 23.5 Å². The van der Waals surface area contributed by atoms with Gasteiger partial charge in [0.2, 0.25) is 0 Å². The van der Waals surface area contributed by atoms with Gasteiger partial charge in [0.15, 0.2) is 0 Å². The van der Waals surface area contributed by atoms with Crippen molar-refractivity contribution in [3.8, 4) is 0 Å². The SMILES string of the molecule is CN(CCc1cccs1)CCC(O)c1ccccc1F. The molecule has 2 aromatic rings. The van der Waals surface area contributed by atoms with Crippen molar-refractivity contribution in [3.05, 3.63) is 58.0 Å². The molecule has 0 spiro atoms. The zero-order valence-corrected chi connectivity index (χ0v) is 12.4. The number of rotatable bonds is 7. The standard InChI is InChI=1S/C16H20FNOS/c1-18(10-8-13-5-4-12-20-13)11-9-16(19)14-6-2-3-7-15(14)17/h2-7,12,16,19H,8-11H2,1H3. The molecule has 20 heavy (non-hydrogen) atoms. The molecule has 108 valence electrons. The molecule has 1 atom stereocenters. The number of hydrogen-bond acceptors (Lipinski definition) is 3. The van der Waals surface area contributed by atoms with E-state index in [1.165, 1.54) is 10.9 Å². The summed E-state index contributed by atoms with van der Waals surface area (Å²) in [6.07, 6.45) is 0.826. The van der Waals surface area contributed by atoms with Crippen LogP contribution < -0.4 is 0 Å². The lowest BCUT2D eigenvalue weighted by Gasteiger charge is -2.19. The maximum absolute atomic E-state index is 13.5. The molecule has 0 aliphatic rings. The third kappa shape index (κ3) is 4.40. The number of benzene rings is 1. The van der Waals surface area contributed by atoms with E-state index in [4.69, 9.17) is 0 Å². The lowest BCUT2D eigenvalue weighted by molar-refractivity contribution is 0.145. The fourth-order valence-corrected chi connectivity index (χ4v) is 2.81. The van der Waals surface area contributed by atoms with E-state index in [1.807, 2.05) is 7.05 Å². The summed E-state index contributed by atoms with van der Waals surface area (Å²) in [5, 5.41) is 12.1. The summed E-state index contributed by atoms with van der Waals surface area (Å²) in [6, 6.07) is 10.6. The fraction of sp³-hybridized carbons (Fsp3) is 0.375. The van der Waals surface area contributed by atoms with Gasteiger partial charge >= 0.3 is 0 Å². The summed E-state index contributed by atoms with van der Waals surface area (Å²) in [5.41, 5.74) is 0.388. The second-order valence-corrected chi connectivity index (χ2v) is 5.99. The first kappa shape index (κ1) is 15.2. The molecule has 1 N–H and O–H groups in total. The molecule has 2 rings (SSSR count). The third-order valence-corrected chi connectivity index (χ3v) is 4.30. The normalized spacial score (nSPS) is 12.8. The van der Waals surface area contributed by atoms with Crippen LogP contribution >= 0.6 is 11.3 Å². The van der Waals surface area contributed by atoms with Gasteiger partial charge in [-0.15, -0.1) is 11.3 Å². The van der Waals surface area contributed by atoms with E-state index in [2.05, 4.69) is 22.4 Å². The molecule has 0 amide bonds. The van der Waals surface area contributed by atoms with E-state index in [0.717, 1.165) is 19.5 Å². The van der Waals surface area contributed by atoms with Gasteiger partial charge in [0.1, 0.15) is 5.82 Å². The second-order valence-electron chi connectivity index (χ2n) is 4.96. The number of hydrogen-bond donors (Lipinski definition) is 1. The van der Waals surface area contributed by atoms with Crippen LogP contribution in [0.2, 0.25) is 0 Å². The number of thiophene rings is 1. The van der Waals surface area contributed by atoms with Crippen LogP contribution in [0.25, 0.3) is 0 Å². The summed E-state index contributed by atoms with van der Waals surface area (Å²) in [4.78, 5) is 3.54. The van der Waals surface area contributed by atoms with Crippen molar-refractivity contribution < 1.29 is 9.50 Å². The van der Waals surface area contributed by atoms with Gasteiger partial charge in [-0.2, -0.15) is 0 Å². The Morgan fingerprint density at radius 1 is 1.20 bits per heavy atom. The van der Waals surface area contributed by atoms with Crippen molar-refractivity contribution in [3.63, 3.8) is 0 Å². The lowest BCUT2D eigenvalue weighted by atomic mass is 10.1. The van der Waals surface area contributed by atoms with Gasteiger partial charge in [0.25, 0.3) is 0 Å². The van der Waals surface area contributed by atoms with Gasteiger partial charge in [-0.1, -0.05) is 24.3 Å². The summed E-state index contributed by atoms with van der Waals surface area (Å²) in [7, 11) is 2.03. The van der Waals surface area contributed by atoms with Crippen LogP contribution in [0.4, 0.5) is 4.39 Å². The zero-order valence-electron chi connectivity index (χ0n) is 11.6. The van der Waals surface area contributed by atoms with Crippen LogP contribution in [0.1, 0.15) is 23.0 Å². The first-order valence-corrected chi connectivity index (χ1v) is 7.68. The Labute approximate surface area is 123 Å². The van der Waals surface area contributed by atoms with Crippen LogP contribution in [-0.4, -0.2) is 30.1 Å². The molecule has 1 aromatic heterocycles. The molecule has 0 saturated heterocycles. The largest absolute Gasteiger partial charge is 0.388 e. The van der Waals surface area contributed by atoms with E-state index in [9.17, 15) is 9.50 Å². The highest BCUT2D eigenvalue weighted by Crippen LogP contribution is 2.20. The van der Waals surface area contributed by atoms with Crippen molar-refractivity contribution in [2.24, 2.45) is 0 Å². The molecule has 0 aliphatic carbocycles. The molecule has 0 aliphatic heterocycles. The number of likely N-dealkylation sites (N-methyl/N-ethyl adjacent to an activating group) is 1. The Balaban J connectivity index is 1.75. The van der Waals surface area contributed by atoms with Gasteiger partial charge in [-0.25, -0.2) is 4.39 Å². The lowest BCUT2D eigenvalue weighted by Crippen LogP contribution is -2.23. The summed E-state index contributed by atoms with van der Waals surface area (Å²) in [5.74, 6) is -0.332. The average molecular weight is 293 g/mol. The van der Waals surface area contributed by atoms with Crippen LogP contribution in [0.3, 0.4) is 0 Å². The second kappa shape index (κ2) is 7.53. The van der Waals surface area contributed by atoms with E-state index in [1.54, 1.807) is 29.5 Å². The number of halogens is 1. The van der Waals surface area contributed by atoms with E-state index >= 15 is 0 Å². The number of nitrogens with zero attached hydrogens (tertiary/aromatic N) is 1. The molecular weight excluding hydrogens is 273 g/mol. The van der Waals surface area contributed by atoms with Crippen LogP contribution in [0.15, 0.2) is 41.8 Å². The first-order chi connectivity index (χ1) is 9.66.